The summed E-state index contributed by atoms with van der Waals surface area (Å²) in [6.07, 6.45) is 0.404. The molecule has 0 aliphatic rings. The fraction of sp³-hybridized carbons (Fsp3) is 0.308. The maximum Gasteiger partial charge on any atom is 0.134 e. The number of rotatable bonds is 3. The first kappa shape index (κ1) is 10.6. The fourth-order valence-corrected chi connectivity index (χ4v) is 1.63. The minimum absolute atomic E-state index is 0.404. The highest BCUT2D eigenvalue weighted by Crippen LogP contribution is 2.28. The largest absolute Gasteiger partial charge is 0.492 e. The Hall–Kier alpha value is -1.95. The summed E-state index contributed by atoms with van der Waals surface area (Å²) in [5, 5.41) is 9.49. The van der Waals surface area contributed by atoms with E-state index in [1.807, 2.05) is 38.1 Å². The molecule has 82 valence electrons. The Bertz CT molecular complexity index is 549. The summed E-state index contributed by atoms with van der Waals surface area (Å²) >= 11 is 0. The van der Waals surface area contributed by atoms with Crippen molar-refractivity contribution in [1.29, 1.82) is 5.26 Å². The van der Waals surface area contributed by atoms with Crippen LogP contribution in [0, 0.1) is 25.2 Å². The minimum Gasteiger partial charge on any atom is -0.492 e. The molecule has 0 saturated heterocycles. The molecule has 3 nitrogen and oxygen atoms in total. The molecule has 0 atom stereocenters. The van der Waals surface area contributed by atoms with Gasteiger partial charge < -0.3 is 9.15 Å². The second kappa shape index (κ2) is 4.28. The average Bonchev–Trinajstić information content (AvgIpc) is 2.56. The Kier molecular flexibility index (Phi) is 2.82. The molecule has 2 aromatic rings. The molecule has 1 heterocycles. The molecule has 0 aliphatic heterocycles. The first-order chi connectivity index (χ1) is 7.72. The average molecular weight is 215 g/mol. The van der Waals surface area contributed by atoms with Crippen LogP contribution in [-0.2, 0) is 0 Å². The number of furan rings is 1. The molecule has 0 amide bonds. The van der Waals surface area contributed by atoms with Crippen LogP contribution in [0.5, 0.6) is 5.75 Å². The third-order valence-electron chi connectivity index (χ3n) is 2.63. The Balaban J connectivity index is 2.29. The monoisotopic (exact) mass is 215 g/mol. The Morgan fingerprint density at radius 1 is 1.38 bits per heavy atom. The highest BCUT2D eigenvalue weighted by molar-refractivity contribution is 5.83. The van der Waals surface area contributed by atoms with Gasteiger partial charge in [0.2, 0.25) is 0 Å². The van der Waals surface area contributed by atoms with Gasteiger partial charge in [0.25, 0.3) is 0 Å². The Labute approximate surface area is 94.2 Å². The molecular weight excluding hydrogens is 202 g/mol. The van der Waals surface area contributed by atoms with Gasteiger partial charge in [0.1, 0.15) is 23.7 Å². The maximum atomic E-state index is 8.42. The van der Waals surface area contributed by atoms with Crippen LogP contribution in [0.25, 0.3) is 11.0 Å². The zero-order valence-electron chi connectivity index (χ0n) is 9.41. The summed E-state index contributed by atoms with van der Waals surface area (Å²) < 4.78 is 11.0. The van der Waals surface area contributed by atoms with Crippen molar-refractivity contribution in [3.63, 3.8) is 0 Å². The molecule has 1 aromatic carbocycles. The van der Waals surface area contributed by atoms with E-state index in [1.54, 1.807) is 0 Å². The van der Waals surface area contributed by atoms with E-state index in [0.717, 1.165) is 28.0 Å². The first-order valence-corrected chi connectivity index (χ1v) is 5.22. The van der Waals surface area contributed by atoms with Gasteiger partial charge in [0, 0.05) is 5.39 Å². The van der Waals surface area contributed by atoms with E-state index in [1.165, 1.54) is 0 Å². The number of hydrogen-bond acceptors (Lipinski definition) is 3. The number of hydrogen-bond donors (Lipinski definition) is 0. The van der Waals surface area contributed by atoms with Crippen LogP contribution in [0.4, 0.5) is 0 Å². The molecule has 16 heavy (non-hydrogen) atoms. The van der Waals surface area contributed by atoms with Crippen LogP contribution in [0.1, 0.15) is 17.7 Å². The van der Waals surface area contributed by atoms with Crippen LogP contribution in [0.3, 0.4) is 0 Å². The van der Waals surface area contributed by atoms with Gasteiger partial charge in [-0.25, -0.2) is 0 Å². The second-order valence-electron chi connectivity index (χ2n) is 3.70. The zero-order valence-corrected chi connectivity index (χ0v) is 9.41. The number of benzene rings is 1. The van der Waals surface area contributed by atoms with Crippen LogP contribution < -0.4 is 4.74 Å². The molecule has 2 rings (SSSR count). The number of ether oxygens (including phenoxy) is 1. The van der Waals surface area contributed by atoms with Crippen molar-refractivity contribution in [2.45, 2.75) is 20.3 Å². The topological polar surface area (TPSA) is 46.2 Å². The fourth-order valence-electron chi connectivity index (χ4n) is 1.63. The Morgan fingerprint density at radius 2 is 2.19 bits per heavy atom. The lowest BCUT2D eigenvalue weighted by molar-refractivity contribution is 0.327. The van der Waals surface area contributed by atoms with Crippen molar-refractivity contribution < 1.29 is 9.15 Å². The SMILES string of the molecule is Cc1oc2ccc(OCCC#N)cc2c1C. The van der Waals surface area contributed by atoms with E-state index in [-0.39, 0.29) is 0 Å². The van der Waals surface area contributed by atoms with E-state index in [2.05, 4.69) is 0 Å². The van der Waals surface area contributed by atoms with E-state index in [0.29, 0.717) is 13.0 Å². The van der Waals surface area contributed by atoms with Crippen LogP contribution >= 0.6 is 0 Å². The first-order valence-electron chi connectivity index (χ1n) is 5.22. The van der Waals surface area contributed by atoms with Crippen LogP contribution in [-0.4, -0.2) is 6.61 Å². The van der Waals surface area contributed by atoms with Crippen molar-refractivity contribution in [1.82, 2.24) is 0 Å². The van der Waals surface area contributed by atoms with Crippen molar-refractivity contribution in [3.8, 4) is 11.8 Å². The summed E-state index contributed by atoms with van der Waals surface area (Å²) in [5.74, 6) is 1.72. The number of nitrogens with zero attached hydrogens (tertiary/aromatic N) is 1. The van der Waals surface area contributed by atoms with Gasteiger partial charge in [-0.05, 0) is 37.6 Å². The molecule has 3 heteroatoms. The van der Waals surface area contributed by atoms with E-state index < -0.39 is 0 Å². The van der Waals surface area contributed by atoms with Gasteiger partial charge in [0.05, 0.1) is 12.5 Å². The van der Waals surface area contributed by atoms with Crippen LogP contribution in [0.2, 0.25) is 0 Å². The van der Waals surface area contributed by atoms with Gasteiger partial charge in [-0.15, -0.1) is 0 Å². The lowest BCUT2D eigenvalue weighted by atomic mass is 10.1. The van der Waals surface area contributed by atoms with E-state index in [4.69, 9.17) is 14.4 Å². The number of aryl methyl sites for hydroxylation is 2. The van der Waals surface area contributed by atoms with Gasteiger partial charge in [-0.2, -0.15) is 5.26 Å². The summed E-state index contributed by atoms with van der Waals surface area (Å²) in [4.78, 5) is 0. The minimum atomic E-state index is 0.404. The normalized spacial score (nSPS) is 10.3. The molecule has 0 aliphatic carbocycles. The molecule has 0 spiro atoms. The van der Waals surface area contributed by atoms with Crippen molar-refractivity contribution in [2.75, 3.05) is 6.61 Å². The molecule has 0 saturated carbocycles. The Morgan fingerprint density at radius 3 is 2.94 bits per heavy atom. The summed E-state index contributed by atoms with van der Waals surface area (Å²) in [7, 11) is 0. The summed E-state index contributed by atoms with van der Waals surface area (Å²) in [5.41, 5.74) is 2.02. The van der Waals surface area contributed by atoms with Crippen molar-refractivity contribution >= 4 is 11.0 Å². The summed E-state index contributed by atoms with van der Waals surface area (Å²) in [6.45, 7) is 4.41. The molecule has 0 N–H and O–H groups in total. The van der Waals surface area contributed by atoms with Gasteiger partial charge in [-0.3, -0.25) is 0 Å². The second-order valence-corrected chi connectivity index (χ2v) is 3.70. The van der Waals surface area contributed by atoms with Crippen LogP contribution in [0.15, 0.2) is 22.6 Å². The highest BCUT2D eigenvalue weighted by Gasteiger charge is 2.07. The maximum absolute atomic E-state index is 8.42. The third kappa shape index (κ3) is 1.87. The molecule has 0 radical (unpaired) electrons. The third-order valence-corrected chi connectivity index (χ3v) is 2.63. The van der Waals surface area contributed by atoms with Gasteiger partial charge >= 0.3 is 0 Å². The molecular formula is C13H13NO2. The molecule has 0 unspecified atom stereocenters. The molecule has 0 bridgehead atoms. The molecule has 0 fully saturated rings. The number of nitriles is 1. The number of fused-ring (bicyclic) bond motifs is 1. The van der Waals surface area contributed by atoms with Crippen molar-refractivity contribution in [2.24, 2.45) is 0 Å². The summed E-state index contributed by atoms with van der Waals surface area (Å²) in [6, 6.07) is 7.77. The van der Waals surface area contributed by atoms with E-state index >= 15 is 0 Å². The zero-order chi connectivity index (χ0) is 11.5. The predicted octanol–water partition coefficient (Wildman–Crippen LogP) is 3.34. The lowest BCUT2D eigenvalue weighted by Crippen LogP contribution is -1.95. The predicted molar refractivity (Wildman–Crippen MR) is 61.4 cm³/mol. The molecule has 1 aromatic heterocycles. The van der Waals surface area contributed by atoms with E-state index in [9.17, 15) is 0 Å². The van der Waals surface area contributed by atoms with Crippen molar-refractivity contribution in [3.05, 3.63) is 29.5 Å². The highest BCUT2D eigenvalue weighted by atomic mass is 16.5. The quantitative estimate of drug-likeness (QED) is 0.737. The van der Waals surface area contributed by atoms with Gasteiger partial charge in [0.15, 0.2) is 0 Å². The van der Waals surface area contributed by atoms with Gasteiger partial charge in [-0.1, -0.05) is 0 Å². The smallest absolute Gasteiger partial charge is 0.134 e. The lowest BCUT2D eigenvalue weighted by Gasteiger charge is -2.02. The standard InChI is InChI=1S/C13H13NO2/c1-9-10(2)16-13-5-4-11(8-12(9)13)15-7-3-6-14/h4-5,8H,3,7H2,1-2H3.